The van der Waals surface area contributed by atoms with Crippen molar-refractivity contribution in [2.24, 2.45) is 0 Å². The Labute approximate surface area is 120 Å². The van der Waals surface area contributed by atoms with Gasteiger partial charge < -0.3 is 5.11 Å². The summed E-state index contributed by atoms with van der Waals surface area (Å²) < 4.78 is 0. The number of carboxylic acids is 1. The molecule has 5 heteroatoms. The van der Waals surface area contributed by atoms with Gasteiger partial charge in [0.2, 0.25) is 0 Å². The molecule has 98 valence electrons. The zero-order valence-electron chi connectivity index (χ0n) is 10.4. The van der Waals surface area contributed by atoms with Gasteiger partial charge in [-0.05, 0) is 36.1 Å². The fourth-order valence-electron chi connectivity index (χ4n) is 1.51. The molecule has 0 unspecified atom stereocenters. The molecule has 0 saturated heterocycles. The fourth-order valence-corrected chi connectivity index (χ4v) is 2.79. The van der Waals surface area contributed by atoms with Gasteiger partial charge in [-0.25, -0.2) is 9.78 Å². The number of hydrogen-bond acceptors (Lipinski definition) is 4. The van der Waals surface area contributed by atoms with Crippen LogP contribution in [0.3, 0.4) is 0 Å². The average Bonchev–Trinajstić information content (AvgIpc) is 2.46. The molecule has 1 heterocycles. The number of thioether (sulfide) groups is 2. The summed E-state index contributed by atoms with van der Waals surface area (Å²) in [5.74, 6) is -0.177. The second-order valence-corrected chi connectivity index (χ2v) is 5.75. The molecule has 2 aromatic rings. The van der Waals surface area contributed by atoms with E-state index in [1.165, 1.54) is 16.7 Å². The van der Waals surface area contributed by atoms with E-state index in [0.29, 0.717) is 0 Å². The highest BCUT2D eigenvalue weighted by Gasteiger charge is 2.05. The Morgan fingerprint density at radius 1 is 1.21 bits per heavy atom. The third-order valence-electron chi connectivity index (χ3n) is 2.52. The maximum Gasteiger partial charge on any atom is 0.354 e. The first-order chi connectivity index (χ1) is 9.19. The summed E-state index contributed by atoms with van der Waals surface area (Å²) in [4.78, 5) is 16.8. The summed E-state index contributed by atoms with van der Waals surface area (Å²) in [6.45, 7) is 0. The number of benzene rings is 1. The van der Waals surface area contributed by atoms with Crippen molar-refractivity contribution in [3.05, 3.63) is 53.9 Å². The first-order valence-corrected chi connectivity index (χ1v) is 7.85. The highest BCUT2D eigenvalue weighted by Crippen LogP contribution is 2.24. The molecule has 0 aliphatic heterocycles. The summed E-state index contributed by atoms with van der Waals surface area (Å²) in [6, 6.07) is 11.8. The van der Waals surface area contributed by atoms with Crippen LogP contribution < -0.4 is 0 Å². The molecule has 1 aromatic heterocycles. The lowest BCUT2D eigenvalue weighted by atomic mass is 10.2. The Kier molecular flexibility index (Phi) is 4.87. The SMILES string of the molecule is CSc1ccc(CSc2ccnc(C(=O)O)c2)cc1. The van der Waals surface area contributed by atoms with Crippen LogP contribution in [-0.2, 0) is 5.75 Å². The van der Waals surface area contributed by atoms with Gasteiger partial charge in [-0.15, -0.1) is 23.5 Å². The van der Waals surface area contributed by atoms with Gasteiger partial charge in [0.05, 0.1) is 0 Å². The van der Waals surface area contributed by atoms with E-state index in [4.69, 9.17) is 5.11 Å². The predicted molar refractivity (Wildman–Crippen MR) is 79.0 cm³/mol. The van der Waals surface area contributed by atoms with Gasteiger partial charge in [-0.3, -0.25) is 0 Å². The summed E-state index contributed by atoms with van der Waals surface area (Å²) in [5.41, 5.74) is 1.30. The zero-order chi connectivity index (χ0) is 13.7. The first-order valence-electron chi connectivity index (χ1n) is 5.64. The second kappa shape index (κ2) is 6.63. The zero-order valence-corrected chi connectivity index (χ0v) is 12.0. The van der Waals surface area contributed by atoms with E-state index in [1.807, 2.05) is 12.3 Å². The number of carbonyl (C=O) groups is 1. The molecule has 0 aliphatic rings. The number of nitrogens with zero attached hydrogens (tertiary/aromatic N) is 1. The molecule has 0 amide bonds. The Bertz CT molecular complexity index is 570. The van der Waals surface area contributed by atoms with Crippen LogP contribution in [0.5, 0.6) is 0 Å². The molecule has 0 fully saturated rings. The van der Waals surface area contributed by atoms with Gasteiger partial charge in [0.1, 0.15) is 5.69 Å². The Morgan fingerprint density at radius 3 is 2.58 bits per heavy atom. The van der Waals surface area contributed by atoms with Crippen LogP contribution in [0.25, 0.3) is 0 Å². The number of rotatable bonds is 5. The predicted octanol–water partition coefficient (Wildman–Crippen LogP) is 3.79. The van der Waals surface area contributed by atoms with Crippen LogP contribution in [-0.4, -0.2) is 22.3 Å². The van der Waals surface area contributed by atoms with Crippen molar-refractivity contribution in [1.82, 2.24) is 4.98 Å². The summed E-state index contributed by atoms with van der Waals surface area (Å²) in [7, 11) is 0. The minimum absolute atomic E-state index is 0.0859. The maximum absolute atomic E-state index is 10.8. The third kappa shape index (κ3) is 4.01. The summed E-state index contributed by atoms with van der Waals surface area (Å²) in [6.07, 6.45) is 3.58. The molecule has 2 rings (SSSR count). The molecule has 0 saturated carbocycles. The smallest absolute Gasteiger partial charge is 0.354 e. The third-order valence-corrected chi connectivity index (χ3v) is 4.32. The lowest BCUT2D eigenvalue weighted by Crippen LogP contribution is -1.99. The van der Waals surface area contributed by atoms with Crippen LogP contribution in [0.4, 0.5) is 0 Å². The van der Waals surface area contributed by atoms with Crippen molar-refractivity contribution in [3.8, 4) is 0 Å². The number of aromatic carboxylic acids is 1. The lowest BCUT2D eigenvalue weighted by molar-refractivity contribution is 0.0690. The minimum Gasteiger partial charge on any atom is -0.477 e. The summed E-state index contributed by atoms with van der Waals surface area (Å²) in [5, 5.41) is 8.88. The molecule has 1 aromatic carbocycles. The number of hydrogen-bond donors (Lipinski definition) is 1. The molecule has 0 radical (unpaired) electrons. The van der Waals surface area contributed by atoms with Crippen molar-refractivity contribution in [1.29, 1.82) is 0 Å². The van der Waals surface area contributed by atoms with E-state index in [0.717, 1.165) is 10.6 Å². The van der Waals surface area contributed by atoms with Gasteiger partial charge >= 0.3 is 5.97 Å². The van der Waals surface area contributed by atoms with E-state index in [1.54, 1.807) is 29.6 Å². The van der Waals surface area contributed by atoms with Crippen molar-refractivity contribution < 1.29 is 9.90 Å². The molecule has 0 bridgehead atoms. The largest absolute Gasteiger partial charge is 0.477 e. The Hall–Kier alpha value is -1.46. The van der Waals surface area contributed by atoms with Gasteiger partial charge in [0.25, 0.3) is 0 Å². The van der Waals surface area contributed by atoms with Crippen molar-refractivity contribution in [2.45, 2.75) is 15.5 Å². The quantitative estimate of drug-likeness (QED) is 0.849. The fraction of sp³-hybridized carbons (Fsp3) is 0.143. The maximum atomic E-state index is 10.8. The highest BCUT2D eigenvalue weighted by molar-refractivity contribution is 7.98. The molecule has 0 aliphatic carbocycles. The number of pyridine rings is 1. The van der Waals surface area contributed by atoms with E-state index in [2.05, 4.69) is 29.2 Å². The van der Waals surface area contributed by atoms with Crippen LogP contribution >= 0.6 is 23.5 Å². The molecule has 0 spiro atoms. The van der Waals surface area contributed by atoms with Crippen LogP contribution in [0, 0.1) is 0 Å². The Morgan fingerprint density at radius 2 is 1.95 bits per heavy atom. The summed E-state index contributed by atoms with van der Waals surface area (Å²) >= 11 is 3.33. The average molecular weight is 291 g/mol. The van der Waals surface area contributed by atoms with E-state index in [-0.39, 0.29) is 5.69 Å². The molecule has 1 N–H and O–H groups in total. The normalized spacial score (nSPS) is 10.4. The van der Waals surface area contributed by atoms with Crippen LogP contribution in [0.1, 0.15) is 16.1 Å². The molecular formula is C14H13NO2S2. The van der Waals surface area contributed by atoms with Gasteiger partial charge in [0, 0.05) is 21.7 Å². The van der Waals surface area contributed by atoms with Crippen molar-refractivity contribution in [3.63, 3.8) is 0 Å². The van der Waals surface area contributed by atoms with Crippen LogP contribution in [0.15, 0.2) is 52.4 Å². The minimum atomic E-state index is -0.994. The number of carboxylic acid groups (broad SMARTS) is 1. The van der Waals surface area contributed by atoms with Gasteiger partial charge in [0.15, 0.2) is 0 Å². The van der Waals surface area contributed by atoms with Gasteiger partial charge in [-0.2, -0.15) is 0 Å². The monoisotopic (exact) mass is 291 g/mol. The van der Waals surface area contributed by atoms with Crippen molar-refractivity contribution >= 4 is 29.5 Å². The molecule has 19 heavy (non-hydrogen) atoms. The van der Waals surface area contributed by atoms with Gasteiger partial charge in [-0.1, -0.05) is 12.1 Å². The first kappa shape index (κ1) is 14.0. The highest BCUT2D eigenvalue weighted by atomic mass is 32.2. The topological polar surface area (TPSA) is 50.2 Å². The second-order valence-electron chi connectivity index (χ2n) is 3.82. The molecule has 3 nitrogen and oxygen atoms in total. The Balaban J connectivity index is 2.01. The van der Waals surface area contributed by atoms with E-state index >= 15 is 0 Å². The van der Waals surface area contributed by atoms with E-state index in [9.17, 15) is 4.79 Å². The number of aromatic nitrogens is 1. The van der Waals surface area contributed by atoms with E-state index < -0.39 is 5.97 Å². The van der Waals surface area contributed by atoms with Crippen molar-refractivity contribution in [2.75, 3.05) is 6.26 Å². The van der Waals surface area contributed by atoms with Crippen LogP contribution in [0.2, 0.25) is 0 Å². The molecular weight excluding hydrogens is 278 g/mol. The molecule has 0 atom stereocenters. The lowest BCUT2D eigenvalue weighted by Gasteiger charge is -2.04. The standard InChI is InChI=1S/C14H13NO2S2/c1-18-11-4-2-10(3-5-11)9-19-12-6-7-15-13(8-12)14(16)17/h2-8H,9H2,1H3,(H,16,17).